The third-order valence-corrected chi connectivity index (χ3v) is 1.39. The summed E-state index contributed by atoms with van der Waals surface area (Å²) in [5, 5.41) is 8.29. The maximum absolute atomic E-state index is 12.4. The summed E-state index contributed by atoms with van der Waals surface area (Å²) in [6.45, 7) is 3.15. The lowest BCUT2D eigenvalue weighted by Gasteiger charge is -2.08. The van der Waals surface area contributed by atoms with Crippen molar-refractivity contribution in [1.82, 2.24) is 0 Å². The fourth-order valence-electron chi connectivity index (χ4n) is 0.710. The summed E-state index contributed by atoms with van der Waals surface area (Å²) in [4.78, 5) is 12.8. The quantitative estimate of drug-likeness (QED) is 0.346. The van der Waals surface area contributed by atoms with Crippen LogP contribution >= 0.6 is 0 Å². The van der Waals surface area contributed by atoms with Gasteiger partial charge in [0.1, 0.15) is 11.8 Å². The number of nitrogens with two attached hydrogens (primary N) is 1. The summed E-state index contributed by atoms with van der Waals surface area (Å²) in [6, 6.07) is 1.16. The van der Waals surface area contributed by atoms with Gasteiger partial charge in [-0.1, -0.05) is 6.58 Å². The van der Waals surface area contributed by atoms with Crippen molar-refractivity contribution in [3.8, 4) is 6.07 Å². The number of rotatable bonds is 3. The van der Waals surface area contributed by atoms with Crippen molar-refractivity contribution in [2.45, 2.75) is 6.18 Å². The van der Waals surface area contributed by atoms with Crippen LogP contribution in [0.4, 0.5) is 13.2 Å². The molecule has 0 aliphatic heterocycles. The van der Waals surface area contributed by atoms with Crippen molar-refractivity contribution in [3.05, 3.63) is 35.7 Å². The predicted molar refractivity (Wildman–Crippen MR) is 49.3 cm³/mol. The summed E-state index contributed by atoms with van der Waals surface area (Å²) in [5.74, 6) is 0. The molecular weight excluding hydrogens is 223 g/mol. The Morgan fingerprint density at radius 2 is 2.06 bits per heavy atom. The van der Waals surface area contributed by atoms with Gasteiger partial charge in [0.15, 0.2) is 0 Å². The number of hydrogen-bond acceptors (Lipinski definition) is 4. The van der Waals surface area contributed by atoms with E-state index >= 15 is 0 Å². The van der Waals surface area contributed by atoms with Crippen LogP contribution in [0.15, 0.2) is 40.7 Å². The number of nitrogens with zero attached hydrogens (tertiary/aromatic N) is 2. The molecule has 0 heterocycles. The van der Waals surface area contributed by atoms with Gasteiger partial charge in [0, 0.05) is 0 Å². The minimum atomic E-state index is -4.81. The number of nitriles is 1. The van der Waals surface area contributed by atoms with E-state index in [0.717, 1.165) is 18.2 Å². The SMILES string of the molecule is C=C/C(=C\C(=C(/N)C#N)C(F)(F)F)N=C=O. The Hall–Kier alpha value is -2.32. The van der Waals surface area contributed by atoms with E-state index in [2.05, 4.69) is 11.6 Å². The molecule has 0 atom stereocenters. The molecule has 16 heavy (non-hydrogen) atoms. The molecule has 0 amide bonds. The highest BCUT2D eigenvalue weighted by molar-refractivity contribution is 5.44. The Morgan fingerprint density at radius 1 is 1.50 bits per heavy atom. The summed E-state index contributed by atoms with van der Waals surface area (Å²) in [7, 11) is 0. The first kappa shape index (κ1) is 13.7. The van der Waals surface area contributed by atoms with E-state index in [1.165, 1.54) is 0 Å². The largest absolute Gasteiger partial charge is 0.419 e. The Balaban J connectivity index is 5.70. The maximum atomic E-state index is 12.4. The molecule has 7 heteroatoms. The maximum Gasteiger partial charge on any atom is 0.419 e. The average molecular weight is 229 g/mol. The third-order valence-electron chi connectivity index (χ3n) is 1.39. The lowest BCUT2D eigenvalue weighted by molar-refractivity contribution is -0.0888. The van der Waals surface area contributed by atoms with E-state index < -0.39 is 17.4 Å². The van der Waals surface area contributed by atoms with Crippen LogP contribution in [0.2, 0.25) is 0 Å². The number of allylic oxidation sites excluding steroid dienone is 4. The van der Waals surface area contributed by atoms with Crippen molar-refractivity contribution in [2.24, 2.45) is 10.7 Å². The number of hydrogen-bond donors (Lipinski definition) is 1. The second kappa shape index (κ2) is 5.53. The van der Waals surface area contributed by atoms with Gasteiger partial charge in [0.25, 0.3) is 0 Å². The van der Waals surface area contributed by atoms with Crippen molar-refractivity contribution in [2.75, 3.05) is 0 Å². The van der Waals surface area contributed by atoms with Gasteiger partial charge in [0.05, 0.1) is 11.3 Å². The smallest absolute Gasteiger partial charge is 0.390 e. The minimum absolute atomic E-state index is 0.388. The lowest BCUT2D eigenvalue weighted by Crippen LogP contribution is -2.16. The molecule has 0 unspecified atom stereocenters. The first-order valence-electron chi connectivity index (χ1n) is 3.75. The molecule has 0 fully saturated rings. The Kier molecular flexibility index (Phi) is 4.73. The van der Waals surface area contributed by atoms with E-state index in [1.54, 1.807) is 0 Å². The summed E-state index contributed by atoms with van der Waals surface area (Å²) < 4.78 is 37.2. The van der Waals surface area contributed by atoms with Gasteiger partial charge in [-0.25, -0.2) is 4.79 Å². The Bertz CT molecular complexity index is 434. The van der Waals surface area contributed by atoms with Crippen LogP contribution in [-0.4, -0.2) is 12.3 Å². The van der Waals surface area contributed by atoms with Crippen LogP contribution in [0, 0.1) is 11.3 Å². The average Bonchev–Trinajstić information content (AvgIpc) is 2.21. The van der Waals surface area contributed by atoms with E-state index in [1.807, 2.05) is 0 Å². The van der Waals surface area contributed by atoms with Crippen molar-refractivity contribution in [1.29, 1.82) is 5.26 Å². The molecule has 0 aliphatic carbocycles. The van der Waals surface area contributed by atoms with Gasteiger partial charge in [-0.15, -0.1) is 0 Å². The molecule has 0 rings (SSSR count). The molecule has 0 spiro atoms. The number of alkyl halides is 3. The van der Waals surface area contributed by atoms with Crippen LogP contribution < -0.4 is 5.73 Å². The zero-order chi connectivity index (χ0) is 12.8. The molecule has 4 nitrogen and oxygen atoms in total. The van der Waals surface area contributed by atoms with Crippen molar-refractivity contribution >= 4 is 6.08 Å². The van der Waals surface area contributed by atoms with Crippen molar-refractivity contribution < 1.29 is 18.0 Å². The second-order valence-electron chi connectivity index (χ2n) is 2.41. The van der Waals surface area contributed by atoms with E-state index in [9.17, 15) is 18.0 Å². The highest BCUT2D eigenvalue weighted by Gasteiger charge is 2.34. The third kappa shape index (κ3) is 3.82. The zero-order valence-electron chi connectivity index (χ0n) is 7.88. The van der Waals surface area contributed by atoms with Gasteiger partial charge in [-0.2, -0.15) is 23.4 Å². The van der Waals surface area contributed by atoms with Crippen LogP contribution in [0.1, 0.15) is 0 Å². The molecule has 2 N–H and O–H groups in total. The van der Waals surface area contributed by atoms with Gasteiger partial charge in [-0.05, 0) is 12.2 Å². The second-order valence-corrected chi connectivity index (χ2v) is 2.41. The van der Waals surface area contributed by atoms with E-state index in [4.69, 9.17) is 11.0 Å². The normalized spacial score (nSPS) is 13.2. The zero-order valence-corrected chi connectivity index (χ0v) is 7.88. The van der Waals surface area contributed by atoms with Crippen LogP contribution in [0.3, 0.4) is 0 Å². The highest BCUT2D eigenvalue weighted by Crippen LogP contribution is 2.29. The Morgan fingerprint density at radius 3 is 2.38 bits per heavy atom. The van der Waals surface area contributed by atoms with Gasteiger partial charge < -0.3 is 5.73 Å². The molecule has 0 aromatic rings. The molecule has 0 saturated carbocycles. The molecule has 0 radical (unpaired) electrons. The topological polar surface area (TPSA) is 79.2 Å². The molecule has 84 valence electrons. The number of isocyanates is 1. The molecule has 0 aromatic heterocycles. The van der Waals surface area contributed by atoms with Gasteiger partial charge >= 0.3 is 6.18 Å². The summed E-state index contributed by atoms with van der Waals surface area (Å²) >= 11 is 0. The predicted octanol–water partition coefficient (Wildman–Crippen LogP) is 1.69. The molecule has 0 aliphatic rings. The van der Waals surface area contributed by atoms with Crippen LogP contribution in [0.25, 0.3) is 0 Å². The fraction of sp³-hybridized carbons (Fsp3) is 0.111. The first-order valence-corrected chi connectivity index (χ1v) is 3.75. The standard InChI is InChI=1S/C9H6F3N3O/c1-2-6(15-5-16)3-7(8(14)4-13)9(10,11)12/h2-3H,1,14H2/b6-3+,8-7+. The highest BCUT2D eigenvalue weighted by atomic mass is 19.4. The number of carbonyl (C=O) groups excluding carboxylic acids is 1. The van der Waals surface area contributed by atoms with E-state index in [0.29, 0.717) is 6.08 Å². The number of halogens is 3. The molecule has 0 saturated heterocycles. The molecule has 0 bridgehead atoms. The first-order chi connectivity index (χ1) is 7.36. The van der Waals surface area contributed by atoms with Crippen LogP contribution in [0.5, 0.6) is 0 Å². The summed E-state index contributed by atoms with van der Waals surface area (Å²) in [6.07, 6.45) is -2.41. The molecule has 0 aromatic carbocycles. The minimum Gasteiger partial charge on any atom is -0.390 e. The fourth-order valence-corrected chi connectivity index (χ4v) is 0.710. The van der Waals surface area contributed by atoms with Crippen LogP contribution in [-0.2, 0) is 4.79 Å². The number of aliphatic imine (C=N–C) groups is 1. The Labute approximate surface area is 88.9 Å². The molecular formula is C9H6F3N3O. The lowest BCUT2D eigenvalue weighted by atomic mass is 10.1. The van der Waals surface area contributed by atoms with E-state index in [-0.39, 0.29) is 5.70 Å². The monoisotopic (exact) mass is 229 g/mol. The van der Waals surface area contributed by atoms with Gasteiger partial charge in [0.2, 0.25) is 6.08 Å². The summed E-state index contributed by atoms with van der Waals surface area (Å²) in [5.41, 5.74) is 2.09. The van der Waals surface area contributed by atoms with Gasteiger partial charge in [-0.3, -0.25) is 0 Å². The van der Waals surface area contributed by atoms with Crippen molar-refractivity contribution in [3.63, 3.8) is 0 Å².